The highest BCUT2D eigenvalue weighted by Crippen LogP contribution is 2.34. The fraction of sp³-hybridized carbons (Fsp3) is 0.0625. The number of nitrogens with two attached hydrogens (primary N) is 1. The molecular weight excluding hydrogens is 319 g/mol. The minimum atomic E-state index is -4.49. The number of aromatic nitrogens is 3. The lowest BCUT2D eigenvalue weighted by atomic mass is 10.1. The minimum Gasteiger partial charge on any atom is -0.382 e. The van der Waals surface area contributed by atoms with Crippen LogP contribution in [0.3, 0.4) is 0 Å². The van der Waals surface area contributed by atoms with Gasteiger partial charge < -0.3 is 5.73 Å². The summed E-state index contributed by atoms with van der Waals surface area (Å²) in [6, 6.07) is 9.84. The number of alkyl halides is 3. The van der Waals surface area contributed by atoms with Gasteiger partial charge in [-0.25, -0.2) is 4.68 Å². The van der Waals surface area contributed by atoms with Gasteiger partial charge >= 0.3 is 6.18 Å². The summed E-state index contributed by atoms with van der Waals surface area (Å²) in [5.74, 6) is 0.0397. The largest absolute Gasteiger partial charge is 0.416 e. The minimum absolute atomic E-state index is 0.0122. The first-order valence-electron chi connectivity index (χ1n) is 6.78. The van der Waals surface area contributed by atoms with Crippen LogP contribution in [0.2, 0.25) is 0 Å². The van der Waals surface area contributed by atoms with E-state index in [2.05, 4.69) is 10.1 Å². The molecule has 2 N–H and O–H groups in total. The van der Waals surface area contributed by atoms with E-state index in [0.29, 0.717) is 5.69 Å². The van der Waals surface area contributed by atoms with Crippen LogP contribution in [0, 0.1) is 11.3 Å². The van der Waals surface area contributed by atoms with Gasteiger partial charge in [0, 0.05) is 11.8 Å². The van der Waals surface area contributed by atoms with Crippen molar-refractivity contribution in [3.8, 4) is 23.0 Å². The summed E-state index contributed by atoms with van der Waals surface area (Å²) < 4.78 is 40.0. The smallest absolute Gasteiger partial charge is 0.382 e. The summed E-state index contributed by atoms with van der Waals surface area (Å²) in [6.45, 7) is 0. The van der Waals surface area contributed by atoms with Crippen LogP contribution in [-0.4, -0.2) is 14.8 Å². The number of nitriles is 1. The summed E-state index contributed by atoms with van der Waals surface area (Å²) in [6.07, 6.45) is -1.44. The van der Waals surface area contributed by atoms with Gasteiger partial charge in [-0.05, 0) is 24.3 Å². The number of benzene rings is 1. The van der Waals surface area contributed by atoms with Crippen molar-refractivity contribution >= 4 is 5.82 Å². The van der Waals surface area contributed by atoms with Gasteiger partial charge in [0.2, 0.25) is 0 Å². The molecule has 8 heteroatoms. The Balaban J connectivity index is 2.18. The van der Waals surface area contributed by atoms with E-state index in [4.69, 9.17) is 5.73 Å². The lowest BCUT2D eigenvalue weighted by molar-refractivity contribution is -0.137. The Hall–Kier alpha value is -3.34. The van der Waals surface area contributed by atoms with Crippen molar-refractivity contribution in [2.24, 2.45) is 0 Å². The van der Waals surface area contributed by atoms with Gasteiger partial charge in [0.05, 0.1) is 17.4 Å². The van der Waals surface area contributed by atoms with Gasteiger partial charge in [0.25, 0.3) is 0 Å². The monoisotopic (exact) mass is 329 g/mol. The van der Waals surface area contributed by atoms with Crippen LogP contribution >= 0.6 is 0 Å². The van der Waals surface area contributed by atoms with E-state index in [1.165, 1.54) is 23.0 Å². The second-order valence-electron chi connectivity index (χ2n) is 4.92. The third-order valence-electron chi connectivity index (χ3n) is 3.39. The van der Waals surface area contributed by atoms with E-state index >= 15 is 0 Å². The Morgan fingerprint density at radius 1 is 1.17 bits per heavy atom. The molecule has 0 aliphatic heterocycles. The number of pyridine rings is 1. The lowest BCUT2D eigenvalue weighted by Crippen LogP contribution is -2.04. The molecule has 0 unspecified atom stereocenters. The molecule has 5 nitrogen and oxygen atoms in total. The summed E-state index contributed by atoms with van der Waals surface area (Å²) in [4.78, 5) is 3.94. The third kappa shape index (κ3) is 2.67. The summed E-state index contributed by atoms with van der Waals surface area (Å²) >= 11 is 0. The standard InChI is InChI=1S/C16H10F3N5/c17-16(18,19)11-4-1-3-10(7-11)14-13(8-20)15(21)24(23-14)12-5-2-6-22-9-12/h1-7,9H,21H2. The maximum Gasteiger partial charge on any atom is 0.416 e. The quantitative estimate of drug-likeness (QED) is 0.781. The van der Waals surface area contributed by atoms with Gasteiger partial charge in [0.1, 0.15) is 23.1 Å². The van der Waals surface area contributed by atoms with Crippen molar-refractivity contribution in [1.29, 1.82) is 5.26 Å². The van der Waals surface area contributed by atoms with Crippen molar-refractivity contribution in [3.05, 3.63) is 59.9 Å². The Kier molecular flexibility index (Phi) is 3.69. The van der Waals surface area contributed by atoms with Gasteiger partial charge in [-0.3, -0.25) is 4.98 Å². The molecule has 0 fully saturated rings. The number of nitrogens with zero attached hydrogens (tertiary/aromatic N) is 4. The van der Waals surface area contributed by atoms with E-state index in [9.17, 15) is 18.4 Å². The highest BCUT2D eigenvalue weighted by atomic mass is 19.4. The molecule has 0 aliphatic rings. The van der Waals surface area contributed by atoms with Crippen molar-refractivity contribution in [2.75, 3.05) is 5.73 Å². The van der Waals surface area contributed by atoms with Crippen LogP contribution in [0.1, 0.15) is 11.1 Å². The molecule has 24 heavy (non-hydrogen) atoms. The van der Waals surface area contributed by atoms with Crippen molar-refractivity contribution < 1.29 is 13.2 Å². The summed E-state index contributed by atoms with van der Waals surface area (Å²) in [5, 5.41) is 13.5. The Bertz CT molecular complexity index is 923. The topological polar surface area (TPSA) is 80.5 Å². The molecule has 2 heterocycles. The van der Waals surface area contributed by atoms with Crippen molar-refractivity contribution in [3.63, 3.8) is 0 Å². The maximum absolute atomic E-state index is 12.9. The average Bonchev–Trinajstić information content (AvgIpc) is 2.91. The summed E-state index contributed by atoms with van der Waals surface area (Å²) in [5.41, 5.74) is 5.88. The number of anilines is 1. The molecule has 0 spiro atoms. The first-order chi connectivity index (χ1) is 11.4. The molecule has 120 valence electrons. The molecule has 3 rings (SSSR count). The molecule has 0 bridgehead atoms. The second-order valence-corrected chi connectivity index (χ2v) is 4.92. The zero-order chi connectivity index (χ0) is 17.3. The highest BCUT2D eigenvalue weighted by molar-refractivity contribution is 5.74. The number of nitrogen functional groups attached to an aromatic ring is 1. The molecule has 0 radical (unpaired) electrons. The fourth-order valence-corrected chi connectivity index (χ4v) is 2.26. The van der Waals surface area contributed by atoms with Crippen molar-refractivity contribution in [2.45, 2.75) is 6.18 Å². The molecule has 0 atom stereocenters. The van der Waals surface area contributed by atoms with E-state index < -0.39 is 11.7 Å². The normalized spacial score (nSPS) is 11.2. The predicted octanol–water partition coefficient (Wildman–Crippen LogP) is 3.41. The van der Waals surface area contributed by atoms with E-state index in [-0.39, 0.29) is 22.6 Å². The Labute approximate surface area is 134 Å². The van der Waals surface area contributed by atoms with Crippen LogP contribution in [0.25, 0.3) is 16.9 Å². The number of hydrogen-bond donors (Lipinski definition) is 1. The predicted molar refractivity (Wildman–Crippen MR) is 80.9 cm³/mol. The molecule has 0 aliphatic carbocycles. The first kappa shape index (κ1) is 15.6. The van der Waals surface area contributed by atoms with Crippen molar-refractivity contribution in [1.82, 2.24) is 14.8 Å². The first-order valence-corrected chi connectivity index (χ1v) is 6.78. The van der Waals surface area contributed by atoms with Gasteiger partial charge in [-0.1, -0.05) is 12.1 Å². The molecule has 3 aromatic rings. The molecular formula is C16H10F3N5. The van der Waals surface area contributed by atoms with E-state index in [1.54, 1.807) is 18.3 Å². The molecule has 0 amide bonds. The Morgan fingerprint density at radius 2 is 1.96 bits per heavy atom. The number of halogens is 3. The van der Waals surface area contributed by atoms with E-state index in [1.807, 2.05) is 6.07 Å². The molecule has 1 aromatic carbocycles. The molecule has 0 saturated heterocycles. The van der Waals surface area contributed by atoms with E-state index in [0.717, 1.165) is 12.1 Å². The lowest BCUT2D eigenvalue weighted by Gasteiger charge is -2.07. The second kappa shape index (κ2) is 5.70. The Morgan fingerprint density at radius 3 is 2.58 bits per heavy atom. The summed E-state index contributed by atoms with van der Waals surface area (Å²) in [7, 11) is 0. The van der Waals surface area contributed by atoms with Crippen LogP contribution in [0.5, 0.6) is 0 Å². The SMILES string of the molecule is N#Cc1c(-c2cccc(C(F)(F)F)c2)nn(-c2cccnc2)c1N. The number of hydrogen-bond acceptors (Lipinski definition) is 4. The highest BCUT2D eigenvalue weighted by Gasteiger charge is 2.31. The zero-order valence-electron chi connectivity index (χ0n) is 12.1. The average molecular weight is 329 g/mol. The van der Waals surface area contributed by atoms with Crippen LogP contribution in [0.4, 0.5) is 19.0 Å². The van der Waals surface area contributed by atoms with Gasteiger partial charge in [0.15, 0.2) is 0 Å². The van der Waals surface area contributed by atoms with Crippen LogP contribution < -0.4 is 5.73 Å². The van der Waals surface area contributed by atoms with Gasteiger partial charge in [-0.15, -0.1) is 0 Å². The van der Waals surface area contributed by atoms with Crippen LogP contribution in [-0.2, 0) is 6.18 Å². The van der Waals surface area contributed by atoms with Crippen LogP contribution in [0.15, 0.2) is 48.8 Å². The molecule has 0 saturated carbocycles. The fourth-order valence-electron chi connectivity index (χ4n) is 2.26. The molecule has 2 aromatic heterocycles. The number of rotatable bonds is 2. The maximum atomic E-state index is 12.9. The van der Waals surface area contributed by atoms with Gasteiger partial charge in [-0.2, -0.15) is 23.5 Å². The third-order valence-corrected chi connectivity index (χ3v) is 3.39. The zero-order valence-corrected chi connectivity index (χ0v) is 12.1.